The van der Waals surface area contributed by atoms with Crippen LogP contribution in [0.4, 0.5) is 5.82 Å². The van der Waals surface area contributed by atoms with Gasteiger partial charge in [-0.15, -0.1) is 0 Å². The number of carbonyl (C=O) groups excluding carboxylic acids is 2. The first-order valence-electron chi connectivity index (χ1n) is 6.89. The normalized spacial score (nSPS) is 10.6. The van der Waals surface area contributed by atoms with Crippen LogP contribution in [0.1, 0.15) is 49.7 Å². The number of hydrazine groups is 1. The molecule has 7 nitrogen and oxygen atoms in total. The fourth-order valence-corrected chi connectivity index (χ4v) is 1.69. The first-order valence-corrected chi connectivity index (χ1v) is 6.89. The highest BCUT2D eigenvalue weighted by molar-refractivity contribution is 5.97. The number of nitrogens with one attached hydrogen (secondary N) is 3. The number of anilines is 1. The van der Waals surface area contributed by atoms with E-state index in [1.807, 2.05) is 27.7 Å². The minimum Gasteiger partial charge on any atom is -0.352 e. The Balaban J connectivity index is 2.77. The summed E-state index contributed by atoms with van der Waals surface area (Å²) in [5.41, 5.74) is 3.61. The van der Waals surface area contributed by atoms with Crippen molar-refractivity contribution in [1.29, 1.82) is 0 Å². The third-order valence-corrected chi connectivity index (χ3v) is 2.71. The van der Waals surface area contributed by atoms with E-state index >= 15 is 0 Å². The van der Waals surface area contributed by atoms with E-state index in [-0.39, 0.29) is 30.3 Å². The summed E-state index contributed by atoms with van der Waals surface area (Å²) in [6, 6.07) is 3.28. The van der Waals surface area contributed by atoms with Crippen LogP contribution in [0.5, 0.6) is 0 Å². The Bertz CT molecular complexity index is 514. The maximum Gasteiger partial charge on any atom is 0.251 e. The number of hydrogen-bond acceptors (Lipinski definition) is 5. The van der Waals surface area contributed by atoms with Crippen LogP contribution in [0.15, 0.2) is 12.1 Å². The van der Waals surface area contributed by atoms with Crippen LogP contribution < -0.4 is 21.9 Å². The maximum atomic E-state index is 12.1. The molecule has 0 aliphatic heterocycles. The summed E-state index contributed by atoms with van der Waals surface area (Å²) < 4.78 is 0. The molecule has 0 radical (unpaired) electrons. The van der Waals surface area contributed by atoms with Crippen molar-refractivity contribution in [2.24, 2.45) is 5.84 Å². The van der Waals surface area contributed by atoms with Crippen LogP contribution in [0.3, 0.4) is 0 Å². The van der Waals surface area contributed by atoms with E-state index in [1.54, 1.807) is 12.1 Å². The Morgan fingerprint density at radius 2 is 1.90 bits per heavy atom. The Morgan fingerprint density at radius 3 is 2.43 bits per heavy atom. The summed E-state index contributed by atoms with van der Waals surface area (Å²) in [6.45, 7) is 7.59. The summed E-state index contributed by atoms with van der Waals surface area (Å²) in [5.74, 6) is 5.37. The average Bonchev–Trinajstić information content (AvgIpc) is 2.43. The monoisotopic (exact) mass is 293 g/mol. The minimum absolute atomic E-state index is 0.0379. The molecule has 1 rings (SSSR count). The van der Waals surface area contributed by atoms with Gasteiger partial charge in [0.25, 0.3) is 5.91 Å². The number of rotatable bonds is 6. The number of aromatic nitrogens is 1. The lowest BCUT2D eigenvalue weighted by atomic mass is 10.1. The second-order valence-electron chi connectivity index (χ2n) is 5.37. The molecule has 21 heavy (non-hydrogen) atoms. The molecule has 0 saturated heterocycles. The number of hydrogen-bond donors (Lipinski definition) is 4. The number of nitrogens with zero attached hydrogens (tertiary/aromatic N) is 1. The van der Waals surface area contributed by atoms with Crippen LogP contribution >= 0.6 is 0 Å². The van der Waals surface area contributed by atoms with Crippen molar-refractivity contribution in [1.82, 2.24) is 15.6 Å². The van der Waals surface area contributed by atoms with Gasteiger partial charge in [-0.25, -0.2) is 10.8 Å². The van der Waals surface area contributed by atoms with E-state index in [4.69, 9.17) is 5.84 Å². The number of carbonyl (C=O) groups is 2. The largest absolute Gasteiger partial charge is 0.352 e. The van der Waals surface area contributed by atoms with Crippen molar-refractivity contribution in [2.75, 3.05) is 12.0 Å². The van der Waals surface area contributed by atoms with E-state index in [0.29, 0.717) is 11.4 Å². The van der Waals surface area contributed by atoms with Gasteiger partial charge in [0.2, 0.25) is 5.91 Å². The topological polar surface area (TPSA) is 109 Å². The molecule has 5 N–H and O–H groups in total. The number of pyridine rings is 1. The zero-order chi connectivity index (χ0) is 16.0. The lowest BCUT2D eigenvalue weighted by Crippen LogP contribution is -2.39. The first-order chi connectivity index (χ1) is 9.83. The Morgan fingerprint density at radius 1 is 1.24 bits per heavy atom. The summed E-state index contributed by atoms with van der Waals surface area (Å²) in [6.07, 6.45) is 0. The summed E-state index contributed by atoms with van der Waals surface area (Å²) in [5, 5.41) is 5.28. The number of nitrogen functional groups attached to an aromatic ring is 1. The van der Waals surface area contributed by atoms with Crippen LogP contribution in [0, 0.1) is 0 Å². The molecule has 2 amide bonds. The summed E-state index contributed by atoms with van der Waals surface area (Å²) in [7, 11) is 0. The van der Waals surface area contributed by atoms with Crippen LogP contribution in [-0.4, -0.2) is 29.4 Å². The zero-order valence-corrected chi connectivity index (χ0v) is 12.9. The van der Waals surface area contributed by atoms with Crippen LogP contribution in [0.25, 0.3) is 0 Å². The predicted molar refractivity (Wildman–Crippen MR) is 81.7 cm³/mol. The molecule has 0 fully saturated rings. The van der Waals surface area contributed by atoms with E-state index < -0.39 is 0 Å². The Kier molecular flexibility index (Phi) is 6.10. The first kappa shape index (κ1) is 16.9. The lowest BCUT2D eigenvalue weighted by Gasteiger charge is -2.12. The molecule has 7 heteroatoms. The van der Waals surface area contributed by atoms with Gasteiger partial charge in [-0.1, -0.05) is 13.8 Å². The van der Waals surface area contributed by atoms with E-state index in [9.17, 15) is 9.59 Å². The van der Waals surface area contributed by atoms with E-state index in [1.165, 1.54) is 0 Å². The van der Waals surface area contributed by atoms with Gasteiger partial charge in [-0.2, -0.15) is 0 Å². The molecule has 0 atom stereocenters. The van der Waals surface area contributed by atoms with Gasteiger partial charge in [0.05, 0.1) is 6.54 Å². The number of amides is 2. The van der Waals surface area contributed by atoms with Crippen molar-refractivity contribution >= 4 is 17.6 Å². The minimum atomic E-state index is -0.338. The molecule has 1 aromatic rings. The molecule has 116 valence electrons. The summed E-state index contributed by atoms with van der Waals surface area (Å²) in [4.78, 5) is 27.9. The second-order valence-corrected chi connectivity index (χ2v) is 5.37. The fraction of sp³-hybridized carbons (Fsp3) is 0.500. The average molecular weight is 293 g/mol. The quantitative estimate of drug-likeness (QED) is 0.457. The molecular weight excluding hydrogens is 270 g/mol. The lowest BCUT2D eigenvalue weighted by molar-refractivity contribution is -0.120. The van der Waals surface area contributed by atoms with Crippen molar-refractivity contribution in [3.05, 3.63) is 23.4 Å². The highest BCUT2D eigenvalue weighted by atomic mass is 16.2. The molecule has 0 bridgehead atoms. The Labute approximate surface area is 124 Å². The molecule has 0 saturated carbocycles. The van der Waals surface area contributed by atoms with Gasteiger partial charge in [0.15, 0.2) is 0 Å². The van der Waals surface area contributed by atoms with E-state index in [0.717, 1.165) is 5.69 Å². The molecule has 1 aromatic heterocycles. The smallest absolute Gasteiger partial charge is 0.251 e. The highest BCUT2D eigenvalue weighted by Crippen LogP contribution is 2.17. The molecule has 0 aromatic carbocycles. The predicted octanol–water partition coefficient (Wildman–Crippen LogP) is 0.745. The highest BCUT2D eigenvalue weighted by Gasteiger charge is 2.13. The van der Waals surface area contributed by atoms with Gasteiger partial charge < -0.3 is 16.1 Å². The zero-order valence-electron chi connectivity index (χ0n) is 12.9. The third-order valence-electron chi connectivity index (χ3n) is 2.71. The van der Waals surface area contributed by atoms with Crippen molar-refractivity contribution in [3.8, 4) is 0 Å². The molecular formula is C14H23N5O2. The molecule has 1 heterocycles. The number of nitrogens with two attached hydrogens (primary N) is 1. The fourth-order valence-electron chi connectivity index (χ4n) is 1.69. The van der Waals surface area contributed by atoms with Crippen LogP contribution in [-0.2, 0) is 4.79 Å². The van der Waals surface area contributed by atoms with Gasteiger partial charge in [0.1, 0.15) is 5.82 Å². The second kappa shape index (κ2) is 7.58. The van der Waals surface area contributed by atoms with Crippen molar-refractivity contribution < 1.29 is 9.59 Å². The maximum absolute atomic E-state index is 12.1. The van der Waals surface area contributed by atoms with Gasteiger partial charge in [0, 0.05) is 17.3 Å². The van der Waals surface area contributed by atoms with E-state index in [2.05, 4.69) is 21.0 Å². The Hall–Kier alpha value is -2.15. The SMILES string of the molecule is CC(C)NC(=O)CNC(=O)c1cc(NN)nc(C(C)C)c1. The van der Waals surface area contributed by atoms with Crippen molar-refractivity contribution in [3.63, 3.8) is 0 Å². The van der Waals surface area contributed by atoms with Gasteiger partial charge >= 0.3 is 0 Å². The van der Waals surface area contributed by atoms with Gasteiger partial charge in [-0.3, -0.25) is 9.59 Å². The van der Waals surface area contributed by atoms with Gasteiger partial charge in [-0.05, 0) is 31.9 Å². The molecule has 0 spiro atoms. The molecule has 0 unspecified atom stereocenters. The summed E-state index contributed by atoms with van der Waals surface area (Å²) >= 11 is 0. The molecule has 0 aliphatic carbocycles. The molecule has 0 aliphatic rings. The van der Waals surface area contributed by atoms with Crippen molar-refractivity contribution in [2.45, 2.75) is 39.7 Å². The third kappa shape index (κ3) is 5.39. The van der Waals surface area contributed by atoms with Crippen LogP contribution in [0.2, 0.25) is 0 Å². The standard InChI is InChI=1S/C14H23N5O2/c1-8(2)11-5-10(6-12(18-11)19-15)14(21)16-7-13(20)17-9(3)4/h5-6,8-9H,7,15H2,1-4H3,(H,16,21)(H,17,20)(H,18,19).